The molecule has 0 bridgehead atoms. The molecule has 1 aromatic carbocycles. The van der Waals surface area contributed by atoms with Crippen LogP contribution in [0, 0.1) is 17.8 Å². The lowest BCUT2D eigenvalue weighted by atomic mass is 9.88. The van der Waals surface area contributed by atoms with Crippen molar-refractivity contribution in [2.75, 3.05) is 13.6 Å². The Hall–Kier alpha value is -2.72. The van der Waals surface area contributed by atoms with Gasteiger partial charge in [-0.05, 0) is 42.7 Å². The zero-order chi connectivity index (χ0) is 21.7. The van der Waals surface area contributed by atoms with E-state index in [-0.39, 0.29) is 18.0 Å². The van der Waals surface area contributed by atoms with Crippen molar-refractivity contribution in [3.05, 3.63) is 48.3 Å². The van der Waals surface area contributed by atoms with Crippen LogP contribution < -0.4 is 15.4 Å². The lowest BCUT2D eigenvalue weighted by molar-refractivity contribution is -0.114. The molecule has 3 N–H and O–H groups in total. The van der Waals surface area contributed by atoms with Crippen molar-refractivity contribution in [2.45, 2.75) is 29.7 Å². The monoisotopic (exact) mass is 436 g/mol. The van der Waals surface area contributed by atoms with Gasteiger partial charge in [0.15, 0.2) is 0 Å². The normalized spacial score (nSPS) is 21.8. The van der Waals surface area contributed by atoms with E-state index in [1.165, 1.54) is 13.1 Å². The Morgan fingerprint density at radius 2 is 2.00 bits per heavy atom. The summed E-state index contributed by atoms with van der Waals surface area (Å²) in [6.07, 6.45) is 2.76. The van der Waals surface area contributed by atoms with Gasteiger partial charge in [0, 0.05) is 25.1 Å². The highest BCUT2D eigenvalue weighted by atomic mass is 32.2. The van der Waals surface area contributed by atoms with Crippen LogP contribution in [0.2, 0.25) is 0 Å². The van der Waals surface area contributed by atoms with E-state index in [2.05, 4.69) is 20.3 Å². The Bertz CT molecular complexity index is 958. The third-order valence-electron chi connectivity index (χ3n) is 5.31. The zero-order valence-corrected chi connectivity index (χ0v) is 17.1. The summed E-state index contributed by atoms with van der Waals surface area (Å²) in [5, 5.41) is 5.16. The van der Waals surface area contributed by atoms with Gasteiger partial charge in [0.25, 0.3) is 0 Å². The van der Waals surface area contributed by atoms with E-state index >= 15 is 0 Å². The third-order valence-corrected chi connectivity index (χ3v) is 6.44. The molecule has 3 atom stereocenters. The predicted octanol–water partition coefficient (Wildman–Crippen LogP) is 2.31. The molecule has 2 aromatic rings. The fraction of sp³-hybridized carbons (Fsp3) is 0.350. The summed E-state index contributed by atoms with van der Waals surface area (Å²) in [6, 6.07) is 8.22. The summed E-state index contributed by atoms with van der Waals surface area (Å²) in [6.45, 7) is 0.271. The van der Waals surface area contributed by atoms with Gasteiger partial charge in [-0.15, -0.1) is 0 Å². The first-order valence-corrected chi connectivity index (χ1v) is 10.6. The molecule has 10 heteroatoms. The van der Waals surface area contributed by atoms with Gasteiger partial charge in [0.2, 0.25) is 11.9 Å². The number of hydrogen-bond donors (Lipinski definition) is 3. The van der Waals surface area contributed by atoms with Crippen molar-refractivity contribution in [3.63, 3.8) is 0 Å². The molecule has 0 aliphatic heterocycles. The fourth-order valence-corrected chi connectivity index (χ4v) is 4.56. The second-order valence-electron chi connectivity index (χ2n) is 7.07. The number of rotatable bonds is 7. The maximum atomic E-state index is 13.8. The first-order valence-electron chi connectivity index (χ1n) is 9.42. The smallest absolute Gasteiger partial charge is 0.315 e. The first-order chi connectivity index (χ1) is 14.4. The molecule has 1 aromatic heterocycles. The SMILES string of the molecule is CNC(=O)NC1(C=O)CCCC1CNS(=O)c1ccc(-c2ccc(F)nc2F)cc1. The number of amides is 2. The molecule has 0 radical (unpaired) electrons. The van der Waals surface area contributed by atoms with Crippen LogP contribution in [0.25, 0.3) is 11.1 Å². The molecule has 0 spiro atoms. The van der Waals surface area contributed by atoms with Crippen molar-refractivity contribution < 1.29 is 22.6 Å². The number of hydrogen-bond acceptors (Lipinski definition) is 4. The van der Waals surface area contributed by atoms with Crippen LogP contribution in [-0.4, -0.2) is 40.6 Å². The summed E-state index contributed by atoms with van der Waals surface area (Å²) in [7, 11) is -0.0916. The molecule has 2 amide bonds. The maximum absolute atomic E-state index is 13.8. The zero-order valence-electron chi connectivity index (χ0n) is 16.3. The highest BCUT2D eigenvalue weighted by Gasteiger charge is 2.44. The molecular formula is C20H22F2N4O3S. The summed E-state index contributed by atoms with van der Waals surface area (Å²) < 4.78 is 42.3. The number of aldehydes is 1. The minimum absolute atomic E-state index is 0.142. The lowest BCUT2D eigenvalue weighted by Crippen LogP contribution is -2.56. The van der Waals surface area contributed by atoms with E-state index < -0.39 is 34.5 Å². The van der Waals surface area contributed by atoms with Crippen molar-refractivity contribution in [3.8, 4) is 11.1 Å². The molecular weight excluding hydrogens is 414 g/mol. The van der Waals surface area contributed by atoms with E-state index in [9.17, 15) is 22.6 Å². The average Bonchev–Trinajstić information content (AvgIpc) is 3.14. The molecule has 3 rings (SSSR count). The number of urea groups is 1. The highest BCUT2D eigenvalue weighted by Crippen LogP contribution is 2.34. The summed E-state index contributed by atoms with van der Waals surface area (Å²) in [5.41, 5.74) is -0.371. The minimum Gasteiger partial charge on any atom is -0.341 e. The van der Waals surface area contributed by atoms with Crippen molar-refractivity contribution in [1.29, 1.82) is 0 Å². The minimum atomic E-state index is -1.57. The highest BCUT2D eigenvalue weighted by molar-refractivity contribution is 7.83. The molecule has 160 valence electrons. The summed E-state index contributed by atoms with van der Waals surface area (Å²) >= 11 is 0. The molecule has 0 saturated heterocycles. The summed E-state index contributed by atoms with van der Waals surface area (Å²) in [4.78, 5) is 27.1. The number of carbonyl (C=O) groups is 2. The molecule has 1 fully saturated rings. The van der Waals surface area contributed by atoms with Gasteiger partial charge >= 0.3 is 6.03 Å². The molecule has 30 heavy (non-hydrogen) atoms. The standard InChI is InChI=1S/C20H22F2N4O3S/c1-23-19(28)26-20(12-27)10-2-3-14(20)11-24-30(29)15-6-4-13(5-7-15)16-8-9-17(21)25-18(16)22/h4-9,12,14,24H,2-3,10-11H2,1H3,(H2,23,26,28). The van der Waals surface area contributed by atoms with E-state index in [0.29, 0.717) is 23.3 Å². The average molecular weight is 436 g/mol. The lowest BCUT2D eigenvalue weighted by Gasteiger charge is -2.31. The molecule has 1 saturated carbocycles. The Balaban J connectivity index is 1.66. The van der Waals surface area contributed by atoms with Crippen LogP contribution in [0.4, 0.5) is 13.6 Å². The molecule has 1 heterocycles. The van der Waals surface area contributed by atoms with Crippen LogP contribution in [0.1, 0.15) is 19.3 Å². The number of pyridine rings is 1. The van der Waals surface area contributed by atoms with Gasteiger partial charge < -0.3 is 15.4 Å². The van der Waals surface area contributed by atoms with E-state index in [1.807, 2.05) is 0 Å². The number of nitrogens with zero attached hydrogens (tertiary/aromatic N) is 1. The fourth-order valence-electron chi connectivity index (χ4n) is 3.66. The van der Waals surface area contributed by atoms with Crippen molar-refractivity contribution in [2.24, 2.45) is 5.92 Å². The predicted molar refractivity (Wildman–Crippen MR) is 108 cm³/mol. The van der Waals surface area contributed by atoms with E-state index in [4.69, 9.17) is 0 Å². The van der Waals surface area contributed by atoms with Crippen LogP contribution >= 0.6 is 0 Å². The Kier molecular flexibility index (Phi) is 6.88. The Morgan fingerprint density at radius 1 is 1.27 bits per heavy atom. The topological polar surface area (TPSA) is 100 Å². The van der Waals surface area contributed by atoms with E-state index in [0.717, 1.165) is 18.8 Å². The van der Waals surface area contributed by atoms with Gasteiger partial charge in [-0.3, -0.25) is 0 Å². The van der Waals surface area contributed by atoms with Crippen LogP contribution in [0.5, 0.6) is 0 Å². The summed E-state index contributed by atoms with van der Waals surface area (Å²) in [5.74, 6) is -2.02. The Labute approximate surface area is 175 Å². The first kappa shape index (κ1) is 22.0. The second-order valence-corrected chi connectivity index (χ2v) is 8.36. The van der Waals surface area contributed by atoms with Gasteiger partial charge in [0.05, 0.1) is 4.90 Å². The van der Waals surface area contributed by atoms with Crippen molar-refractivity contribution in [1.82, 2.24) is 20.3 Å². The van der Waals surface area contributed by atoms with Gasteiger partial charge in [0.1, 0.15) is 22.8 Å². The number of nitrogens with one attached hydrogen (secondary N) is 3. The maximum Gasteiger partial charge on any atom is 0.315 e. The van der Waals surface area contributed by atoms with Crippen LogP contribution in [0.15, 0.2) is 41.3 Å². The van der Waals surface area contributed by atoms with Crippen LogP contribution in [0.3, 0.4) is 0 Å². The van der Waals surface area contributed by atoms with Crippen LogP contribution in [-0.2, 0) is 15.8 Å². The van der Waals surface area contributed by atoms with Gasteiger partial charge in [-0.2, -0.15) is 13.8 Å². The van der Waals surface area contributed by atoms with Crippen molar-refractivity contribution >= 4 is 23.3 Å². The molecule has 7 nitrogen and oxygen atoms in total. The number of carbonyl (C=O) groups excluding carboxylic acids is 2. The molecule has 1 aliphatic carbocycles. The molecule has 1 aliphatic rings. The Morgan fingerprint density at radius 3 is 2.63 bits per heavy atom. The number of aromatic nitrogens is 1. The largest absolute Gasteiger partial charge is 0.341 e. The van der Waals surface area contributed by atoms with Gasteiger partial charge in [-0.25, -0.2) is 13.7 Å². The molecule has 3 unspecified atom stereocenters. The quantitative estimate of drug-likeness (QED) is 0.458. The van der Waals surface area contributed by atoms with E-state index in [1.54, 1.807) is 24.3 Å². The third kappa shape index (κ3) is 4.71. The number of benzene rings is 1. The number of halogens is 2. The second kappa shape index (κ2) is 9.40. The van der Waals surface area contributed by atoms with Gasteiger partial charge in [-0.1, -0.05) is 18.6 Å².